The van der Waals surface area contributed by atoms with Crippen molar-refractivity contribution in [1.29, 1.82) is 0 Å². The molecule has 0 fully saturated rings. The molecule has 1 unspecified atom stereocenters. The molecule has 1 aromatic carbocycles. The van der Waals surface area contributed by atoms with Gasteiger partial charge in [0, 0.05) is 11.8 Å². The quantitative estimate of drug-likeness (QED) is 0.807. The molecule has 0 amide bonds. The highest BCUT2D eigenvalue weighted by molar-refractivity contribution is 9.09. The van der Waals surface area contributed by atoms with Crippen molar-refractivity contribution >= 4 is 50.7 Å². The zero-order chi connectivity index (χ0) is 12.4. The van der Waals surface area contributed by atoms with Crippen LogP contribution >= 0.6 is 50.7 Å². The predicted octanol–water partition coefficient (Wildman–Crippen LogP) is 4.34. The molecule has 0 aliphatic carbocycles. The maximum absolute atomic E-state index is 10.4. The fraction of sp³-hybridized carbons (Fsp3) is 0.455. The lowest BCUT2D eigenvalue weighted by Gasteiger charge is -2.29. The van der Waals surface area contributed by atoms with Gasteiger partial charge in [0.25, 0.3) is 0 Å². The van der Waals surface area contributed by atoms with Crippen LogP contribution in [0.15, 0.2) is 24.3 Å². The summed E-state index contributed by atoms with van der Waals surface area (Å²) in [6.07, 6.45) is 0.0407. The monoisotopic (exact) mass is 344 g/mol. The van der Waals surface area contributed by atoms with Gasteiger partial charge < -0.3 is 5.11 Å². The number of aliphatic hydroxyl groups is 1. The highest BCUT2D eigenvalue weighted by Gasteiger charge is 2.37. The fourth-order valence-electron chi connectivity index (χ4n) is 1.42. The maximum Gasteiger partial charge on any atom is 0.193 e. The third kappa shape index (κ3) is 4.08. The van der Waals surface area contributed by atoms with Crippen LogP contribution in [0.5, 0.6) is 0 Å². The zero-order valence-electron chi connectivity index (χ0n) is 8.68. The highest BCUT2D eigenvalue weighted by Crippen LogP contribution is 2.40. The van der Waals surface area contributed by atoms with Gasteiger partial charge >= 0.3 is 0 Å². The minimum atomic E-state index is -1.48. The lowest BCUT2D eigenvalue weighted by molar-refractivity contribution is 0.0556. The number of rotatable bonds is 3. The molecule has 0 saturated heterocycles. The van der Waals surface area contributed by atoms with Crippen LogP contribution in [-0.2, 0) is 5.60 Å². The summed E-state index contributed by atoms with van der Waals surface area (Å²) in [4.78, 5) is 0. The number of hydrogen-bond acceptors (Lipinski definition) is 1. The molecule has 0 aromatic heterocycles. The second-order valence-electron chi connectivity index (χ2n) is 3.82. The maximum atomic E-state index is 10.4. The molecule has 1 nitrogen and oxygen atoms in total. The summed E-state index contributed by atoms with van der Waals surface area (Å²) in [5.41, 5.74) is 0.690. The van der Waals surface area contributed by atoms with Gasteiger partial charge in [-0.25, -0.2) is 0 Å². The molecule has 1 atom stereocenters. The second-order valence-corrected chi connectivity index (χ2v) is 6.90. The predicted molar refractivity (Wildman–Crippen MR) is 73.8 cm³/mol. The van der Waals surface area contributed by atoms with Crippen LogP contribution < -0.4 is 0 Å². The van der Waals surface area contributed by atoms with E-state index >= 15 is 0 Å². The number of halogens is 4. The van der Waals surface area contributed by atoms with E-state index in [1.165, 1.54) is 0 Å². The molecular formula is C11H12BrCl3O. The Balaban J connectivity index is 3.00. The van der Waals surface area contributed by atoms with E-state index < -0.39 is 9.39 Å². The van der Waals surface area contributed by atoms with Crippen molar-refractivity contribution in [2.45, 2.75) is 22.7 Å². The molecule has 0 spiro atoms. The minimum absolute atomic E-state index is 0.0407. The number of alkyl halides is 4. The van der Waals surface area contributed by atoms with Gasteiger partial charge in [-0.2, -0.15) is 0 Å². The lowest BCUT2D eigenvalue weighted by Crippen LogP contribution is -2.32. The molecule has 0 aliphatic rings. The minimum Gasteiger partial charge on any atom is -0.384 e. The van der Waals surface area contributed by atoms with Gasteiger partial charge in [0.2, 0.25) is 0 Å². The van der Waals surface area contributed by atoms with Gasteiger partial charge in [-0.15, -0.1) is 0 Å². The Hall–Kier alpha value is 0.530. The van der Waals surface area contributed by atoms with Gasteiger partial charge in [-0.3, -0.25) is 0 Å². The Bertz CT molecular complexity index is 347. The molecule has 0 saturated carbocycles. The van der Waals surface area contributed by atoms with Crippen molar-refractivity contribution in [3.8, 4) is 0 Å². The Kier molecular flexibility index (Phi) is 4.97. The zero-order valence-corrected chi connectivity index (χ0v) is 12.5. The average molecular weight is 346 g/mol. The summed E-state index contributed by atoms with van der Waals surface area (Å²) in [6.45, 7) is 1.98. The Morgan fingerprint density at radius 1 is 1.19 bits per heavy atom. The van der Waals surface area contributed by atoms with E-state index in [0.29, 0.717) is 5.33 Å². The summed E-state index contributed by atoms with van der Waals surface area (Å²) in [7, 11) is 0. The SMILES string of the molecule is Cc1ccc(C(O)(CBr)CC(Cl)(Cl)Cl)cc1. The third-order valence-electron chi connectivity index (χ3n) is 2.30. The molecule has 1 rings (SSSR count). The van der Waals surface area contributed by atoms with Gasteiger partial charge in [-0.05, 0) is 12.5 Å². The summed E-state index contributed by atoms with van der Waals surface area (Å²) in [6, 6.07) is 7.52. The largest absolute Gasteiger partial charge is 0.384 e. The fourth-order valence-corrected chi connectivity index (χ4v) is 2.61. The molecule has 0 heterocycles. The smallest absolute Gasteiger partial charge is 0.193 e. The van der Waals surface area contributed by atoms with Crippen LogP contribution in [0.4, 0.5) is 0 Å². The highest BCUT2D eigenvalue weighted by atomic mass is 79.9. The number of benzene rings is 1. The normalized spacial score (nSPS) is 15.9. The van der Waals surface area contributed by atoms with E-state index in [-0.39, 0.29) is 6.42 Å². The second kappa shape index (κ2) is 5.45. The molecule has 0 aliphatic heterocycles. The first-order valence-electron chi connectivity index (χ1n) is 4.69. The van der Waals surface area contributed by atoms with Crippen LogP contribution in [0.3, 0.4) is 0 Å². The van der Waals surface area contributed by atoms with Crippen molar-refractivity contribution in [3.05, 3.63) is 35.4 Å². The molecular weight excluding hydrogens is 334 g/mol. The summed E-state index contributed by atoms with van der Waals surface area (Å²) < 4.78 is -1.48. The first-order valence-corrected chi connectivity index (χ1v) is 6.95. The van der Waals surface area contributed by atoms with Gasteiger partial charge in [0.15, 0.2) is 3.79 Å². The van der Waals surface area contributed by atoms with Crippen molar-refractivity contribution < 1.29 is 5.11 Å². The molecule has 1 aromatic rings. The standard InChI is InChI=1S/C11H12BrCl3O/c1-8-2-4-9(5-3-8)10(16,7-12)6-11(13,14)15/h2-5,16H,6-7H2,1H3. The Morgan fingerprint density at radius 3 is 2.06 bits per heavy atom. The third-order valence-corrected chi connectivity index (χ3v) is 3.63. The Morgan fingerprint density at radius 2 is 1.69 bits per heavy atom. The number of hydrogen-bond donors (Lipinski definition) is 1. The first-order chi connectivity index (χ1) is 7.27. The van der Waals surface area contributed by atoms with Crippen LogP contribution in [0.2, 0.25) is 0 Å². The molecule has 0 radical (unpaired) electrons. The van der Waals surface area contributed by atoms with Crippen LogP contribution in [0.1, 0.15) is 17.5 Å². The van der Waals surface area contributed by atoms with Crippen LogP contribution in [0.25, 0.3) is 0 Å². The summed E-state index contributed by atoms with van der Waals surface area (Å²) >= 11 is 20.4. The summed E-state index contributed by atoms with van der Waals surface area (Å²) in [5, 5.41) is 10.7. The van der Waals surface area contributed by atoms with Gasteiger partial charge in [-0.1, -0.05) is 80.6 Å². The number of aryl methyl sites for hydroxylation is 1. The van der Waals surface area contributed by atoms with E-state index in [9.17, 15) is 5.11 Å². The van der Waals surface area contributed by atoms with E-state index in [2.05, 4.69) is 15.9 Å². The van der Waals surface area contributed by atoms with Gasteiger partial charge in [0.05, 0.1) is 0 Å². The molecule has 90 valence electrons. The van der Waals surface area contributed by atoms with E-state index in [4.69, 9.17) is 34.8 Å². The van der Waals surface area contributed by atoms with Crippen molar-refractivity contribution in [3.63, 3.8) is 0 Å². The van der Waals surface area contributed by atoms with Crippen molar-refractivity contribution in [2.75, 3.05) is 5.33 Å². The molecule has 5 heteroatoms. The Labute approximate surface area is 119 Å². The molecule has 16 heavy (non-hydrogen) atoms. The van der Waals surface area contributed by atoms with E-state index in [1.54, 1.807) is 0 Å². The first kappa shape index (κ1) is 14.6. The van der Waals surface area contributed by atoms with Gasteiger partial charge in [0.1, 0.15) is 5.60 Å². The average Bonchev–Trinajstić information content (AvgIpc) is 2.16. The molecule has 0 bridgehead atoms. The van der Waals surface area contributed by atoms with E-state index in [0.717, 1.165) is 11.1 Å². The van der Waals surface area contributed by atoms with E-state index in [1.807, 2.05) is 31.2 Å². The van der Waals surface area contributed by atoms with Crippen LogP contribution in [0, 0.1) is 6.92 Å². The summed E-state index contributed by atoms with van der Waals surface area (Å²) in [5.74, 6) is 0. The van der Waals surface area contributed by atoms with Crippen LogP contribution in [-0.4, -0.2) is 14.2 Å². The van der Waals surface area contributed by atoms with Crippen molar-refractivity contribution in [2.24, 2.45) is 0 Å². The topological polar surface area (TPSA) is 20.2 Å². The molecule has 1 N–H and O–H groups in total. The lowest BCUT2D eigenvalue weighted by atomic mass is 9.92. The van der Waals surface area contributed by atoms with Crippen molar-refractivity contribution in [1.82, 2.24) is 0 Å².